The van der Waals surface area contributed by atoms with Crippen LogP contribution in [0.25, 0.3) is 10.9 Å². The fourth-order valence-electron chi connectivity index (χ4n) is 2.15. The minimum absolute atomic E-state index is 0.0548. The number of nitrogens with zero attached hydrogens (tertiary/aromatic N) is 2. The number of carbonyl (C=O) groups is 2. The zero-order valence-corrected chi connectivity index (χ0v) is 15.5. The Balaban J connectivity index is 2.23. The number of benzene rings is 1. The number of likely N-dealkylation sites (N-methyl/N-ethyl adjacent to an activating group) is 1. The summed E-state index contributed by atoms with van der Waals surface area (Å²) in [5, 5.41) is 6.37. The van der Waals surface area contributed by atoms with E-state index in [-0.39, 0.29) is 29.7 Å². The van der Waals surface area contributed by atoms with Gasteiger partial charge in [0, 0.05) is 18.6 Å². The maximum Gasteiger partial charge on any atom is 0.262 e. The van der Waals surface area contributed by atoms with E-state index in [1.54, 1.807) is 22.8 Å². The molecule has 2 rings (SSSR count). The van der Waals surface area contributed by atoms with Gasteiger partial charge in [-0.25, -0.2) is 4.98 Å². The van der Waals surface area contributed by atoms with Crippen LogP contribution in [0.5, 0.6) is 0 Å². The Labute approximate surface area is 154 Å². The first-order valence-electron chi connectivity index (χ1n) is 7.76. The van der Waals surface area contributed by atoms with E-state index in [4.69, 9.17) is 11.6 Å². The molecule has 2 N–H and O–H groups in total. The second-order valence-corrected chi connectivity index (χ2v) is 6.63. The zero-order chi connectivity index (χ0) is 18.4. The fourth-order valence-corrected chi connectivity index (χ4v) is 3.17. The standard InChI is InChI=1S/C16H19ClN4O3S/c1-3-6-21-15(24)11-5-4-10(17)7-12(11)20-16(21)25-9-14(23)19-8-13(22)18-2/h4-5,7H,3,6,8-9H2,1-2H3,(H,18,22)(H,19,23). The summed E-state index contributed by atoms with van der Waals surface area (Å²) in [6.07, 6.45) is 0.761. The molecule has 25 heavy (non-hydrogen) atoms. The molecule has 0 saturated heterocycles. The molecular weight excluding hydrogens is 364 g/mol. The number of aromatic nitrogens is 2. The lowest BCUT2D eigenvalue weighted by Gasteiger charge is -2.12. The Hall–Kier alpha value is -2.06. The summed E-state index contributed by atoms with van der Waals surface area (Å²) < 4.78 is 1.56. The highest BCUT2D eigenvalue weighted by molar-refractivity contribution is 7.99. The van der Waals surface area contributed by atoms with E-state index in [2.05, 4.69) is 15.6 Å². The van der Waals surface area contributed by atoms with Crippen LogP contribution in [0.4, 0.5) is 0 Å². The van der Waals surface area contributed by atoms with E-state index in [1.165, 1.54) is 7.05 Å². The monoisotopic (exact) mass is 382 g/mol. The van der Waals surface area contributed by atoms with Crippen LogP contribution in [0.2, 0.25) is 5.02 Å². The van der Waals surface area contributed by atoms with Gasteiger partial charge in [0.15, 0.2) is 5.16 Å². The Morgan fingerprint density at radius 3 is 2.76 bits per heavy atom. The number of hydrogen-bond donors (Lipinski definition) is 2. The van der Waals surface area contributed by atoms with Gasteiger partial charge in [-0.2, -0.15) is 0 Å². The van der Waals surface area contributed by atoms with E-state index >= 15 is 0 Å². The summed E-state index contributed by atoms with van der Waals surface area (Å²) in [7, 11) is 1.50. The van der Waals surface area contributed by atoms with Gasteiger partial charge in [0.2, 0.25) is 11.8 Å². The number of fused-ring (bicyclic) bond motifs is 1. The Morgan fingerprint density at radius 1 is 1.32 bits per heavy atom. The van der Waals surface area contributed by atoms with Crippen LogP contribution in [-0.4, -0.2) is 40.7 Å². The lowest BCUT2D eigenvalue weighted by Crippen LogP contribution is -2.36. The van der Waals surface area contributed by atoms with Crippen molar-refractivity contribution < 1.29 is 9.59 Å². The second kappa shape index (κ2) is 8.87. The van der Waals surface area contributed by atoms with Crippen molar-refractivity contribution in [2.24, 2.45) is 0 Å². The SMILES string of the molecule is CCCn1c(SCC(=O)NCC(=O)NC)nc2cc(Cl)ccc2c1=O. The molecule has 7 nitrogen and oxygen atoms in total. The molecule has 134 valence electrons. The van der Waals surface area contributed by atoms with E-state index in [0.29, 0.717) is 27.6 Å². The number of nitrogens with one attached hydrogen (secondary N) is 2. The minimum Gasteiger partial charge on any atom is -0.358 e. The molecule has 0 aliphatic carbocycles. The van der Waals surface area contributed by atoms with Gasteiger partial charge in [0.1, 0.15) is 0 Å². The molecule has 1 heterocycles. The van der Waals surface area contributed by atoms with Crippen LogP contribution >= 0.6 is 23.4 Å². The number of thioether (sulfide) groups is 1. The summed E-state index contributed by atoms with van der Waals surface area (Å²) in [4.78, 5) is 40.2. The maximum absolute atomic E-state index is 12.7. The van der Waals surface area contributed by atoms with E-state index in [1.807, 2.05) is 6.92 Å². The molecule has 2 aromatic rings. The van der Waals surface area contributed by atoms with Crippen LogP contribution < -0.4 is 16.2 Å². The third kappa shape index (κ3) is 4.96. The van der Waals surface area contributed by atoms with Crippen molar-refractivity contribution in [1.82, 2.24) is 20.2 Å². The van der Waals surface area contributed by atoms with Gasteiger partial charge in [-0.3, -0.25) is 19.0 Å². The molecule has 0 fully saturated rings. The summed E-state index contributed by atoms with van der Waals surface area (Å²) >= 11 is 7.13. The highest BCUT2D eigenvalue weighted by Gasteiger charge is 2.13. The fraction of sp³-hybridized carbons (Fsp3) is 0.375. The summed E-state index contributed by atoms with van der Waals surface area (Å²) in [6.45, 7) is 2.38. The van der Waals surface area contributed by atoms with Crippen LogP contribution in [-0.2, 0) is 16.1 Å². The maximum atomic E-state index is 12.7. The van der Waals surface area contributed by atoms with Crippen molar-refractivity contribution in [3.8, 4) is 0 Å². The van der Waals surface area contributed by atoms with Crippen molar-refractivity contribution in [1.29, 1.82) is 0 Å². The first-order chi connectivity index (χ1) is 12.0. The van der Waals surface area contributed by atoms with Crippen molar-refractivity contribution >= 4 is 46.1 Å². The largest absolute Gasteiger partial charge is 0.358 e. The molecule has 0 bridgehead atoms. The van der Waals surface area contributed by atoms with Crippen molar-refractivity contribution in [2.75, 3.05) is 19.3 Å². The van der Waals surface area contributed by atoms with E-state index in [0.717, 1.165) is 18.2 Å². The average Bonchev–Trinajstić information content (AvgIpc) is 2.60. The van der Waals surface area contributed by atoms with Gasteiger partial charge in [-0.05, 0) is 24.6 Å². The lowest BCUT2D eigenvalue weighted by molar-refractivity contribution is -0.124. The Kier molecular flexibility index (Phi) is 6.83. The van der Waals surface area contributed by atoms with Crippen LogP contribution in [0.3, 0.4) is 0 Å². The molecule has 0 saturated carbocycles. The zero-order valence-electron chi connectivity index (χ0n) is 14.0. The molecule has 0 aliphatic heterocycles. The van der Waals surface area contributed by atoms with Crippen LogP contribution in [0.1, 0.15) is 13.3 Å². The molecule has 0 atom stereocenters. The molecule has 0 radical (unpaired) electrons. The van der Waals surface area contributed by atoms with Crippen molar-refractivity contribution in [3.63, 3.8) is 0 Å². The normalized spacial score (nSPS) is 10.7. The molecule has 1 aromatic heterocycles. The minimum atomic E-state index is -0.308. The van der Waals surface area contributed by atoms with Crippen LogP contribution in [0.15, 0.2) is 28.2 Å². The summed E-state index contributed by atoms with van der Waals surface area (Å²) in [5.41, 5.74) is 0.343. The summed E-state index contributed by atoms with van der Waals surface area (Å²) in [5.74, 6) is -0.532. The first-order valence-corrected chi connectivity index (χ1v) is 9.12. The van der Waals surface area contributed by atoms with Gasteiger partial charge in [0.25, 0.3) is 5.56 Å². The number of halogens is 1. The molecular formula is C16H19ClN4O3S. The van der Waals surface area contributed by atoms with Crippen molar-refractivity contribution in [3.05, 3.63) is 33.6 Å². The van der Waals surface area contributed by atoms with Gasteiger partial charge in [-0.15, -0.1) is 0 Å². The number of rotatable bonds is 7. The average molecular weight is 383 g/mol. The second-order valence-electron chi connectivity index (χ2n) is 5.25. The smallest absolute Gasteiger partial charge is 0.262 e. The van der Waals surface area contributed by atoms with Gasteiger partial charge >= 0.3 is 0 Å². The predicted octanol–water partition coefficient (Wildman–Crippen LogP) is 1.41. The molecule has 1 aromatic carbocycles. The number of amides is 2. The Bertz CT molecular complexity index is 853. The first kappa shape index (κ1) is 19.3. The van der Waals surface area contributed by atoms with Gasteiger partial charge < -0.3 is 10.6 Å². The third-order valence-corrected chi connectivity index (χ3v) is 4.60. The number of carbonyl (C=O) groups excluding carboxylic acids is 2. The quantitative estimate of drug-likeness (QED) is 0.558. The third-order valence-electron chi connectivity index (χ3n) is 3.39. The highest BCUT2D eigenvalue weighted by atomic mass is 35.5. The Morgan fingerprint density at radius 2 is 2.08 bits per heavy atom. The van der Waals surface area contributed by atoms with Gasteiger partial charge in [0.05, 0.1) is 23.2 Å². The predicted molar refractivity (Wildman–Crippen MR) is 99.1 cm³/mol. The van der Waals surface area contributed by atoms with E-state index < -0.39 is 0 Å². The molecule has 2 amide bonds. The summed E-state index contributed by atoms with van der Waals surface area (Å²) in [6, 6.07) is 4.94. The molecule has 0 spiro atoms. The lowest BCUT2D eigenvalue weighted by atomic mass is 10.2. The molecule has 0 aliphatic rings. The number of hydrogen-bond acceptors (Lipinski definition) is 5. The van der Waals surface area contributed by atoms with E-state index in [9.17, 15) is 14.4 Å². The molecule has 9 heteroatoms. The topological polar surface area (TPSA) is 93.1 Å². The van der Waals surface area contributed by atoms with Crippen LogP contribution in [0, 0.1) is 0 Å². The molecule has 0 unspecified atom stereocenters. The van der Waals surface area contributed by atoms with Crippen molar-refractivity contribution in [2.45, 2.75) is 25.0 Å². The van der Waals surface area contributed by atoms with Gasteiger partial charge in [-0.1, -0.05) is 30.3 Å². The highest BCUT2D eigenvalue weighted by Crippen LogP contribution is 2.20.